The Morgan fingerprint density at radius 1 is 0.425 bits per heavy atom. The van der Waals surface area contributed by atoms with Crippen molar-refractivity contribution in [2.45, 2.75) is 194 Å². The largest absolute Gasteiger partial charge is 0.490 e. The van der Waals surface area contributed by atoms with Crippen molar-refractivity contribution in [3.8, 4) is 11.5 Å². The SMILES string of the molecule is CCCCCCCCCCCCCCOc1ccc(C(C)(C)C)cc1OCCCCCCCCCCCCCC. The highest BCUT2D eigenvalue weighted by Gasteiger charge is 2.17. The highest BCUT2D eigenvalue weighted by molar-refractivity contribution is 5.44. The van der Waals surface area contributed by atoms with Gasteiger partial charge < -0.3 is 9.47 Å². The van der Waals surface area contributed by atoms with Gasteiger partial charge in [-0.15, -0.1) is 0 Å². The van der Waals surface area contributed by atoms with E-state index in [9.17, 15) is 0 Å². The molecule has 0 spiro atoms. The number of hydrogen-bond acceptors (Lipinski definition) is 2. The molecule has 0 amide bonds. The van der Waals surface area contributed by atoms with Crippen LogP contribution >= 0.6 is 0 Å². The average Bonchev–Trinajstić information content (AvgIpc) is 2.93. The highest BCUT2D eigenvalue weighted by Crippen LogP contribution is 2.34. The molecule has 2 heteroatoms. The van der Waals surface area contributed by atoms with Crippen LogP contribution in [-0.4, -0.2) is 13.2 Å². The second kappa shape index (κ2) is 25.5. The van der Waals surface area contributed by atoms with Crippen LogP contribution in [0.5, 0.6) is 11.5 Å². The molecule has 0 bridgehead atoms. The van der Waals surface area contributed by atoms with Crippen LogP contribution in [0.1, 0.15) is 194 Å². The first kappa shape index (κ1) is 36.8. The molecule has 0 fully saturated rings. The molecular formula is C38H70O2. The van der Waals surface area contributed by atoms with Crippen LogP contribution in [0.25, 0.3) is 0 Å². The summed E-state index contributed by atoms with van der Waals surface area (Å²) in [4.78, 5) is 0. The summed E-state index contributed by atoms with van der Waals surface area (Å²) in [7, 11) is 0. The monoisotopic (exact) mass is 559 g/mol. The van der Waals surface area contributed by atoms with E-state index in [1.54, 1.807) is 0 Å². The predicted molar refractivity (Wildman–Crippen MR) is 178 cm³/mol. The molecule has 0 atom stereocenters. The fraction of sp³-hybridized carbons (Fsp3) is 0.842. The Balaban J connectivity index is 2.20. The van der Waals surface area contributed by atoms with E-state index in [0.717, 1.165) is 37.6 Å². The van der Waals surface area contributed by atoms with Gasteiger partial charge in [-0.1, -0.05) is 182 Å². The van der Waals surface area contributed by atoms with Gasteiger partial charge in [0.2, 0.25) is 0 Å². The Morgan fingerprint density at radius 2 is 0.750 bits per heavy atom. The molecule has 0 saturated heterocycles. The van der Waals surface area contributed by atoms with Crippen molar-refractivity contribution < 1.29 is 9.47 Å². The maximum absolute atomic E-state index is 6.30. The Hall–Kier alpha value is -1.18. The predicted octanol–water partition coefficient (Wildman–Crippen LogP) is 13.1. The lowest BCUT2D eigenvalue weighted by Crippen LogP contribution is -2.12. The minimum absolute atomic E-state index is 0.113. The van der Waals surface area contributed by atoms with Crippen molar-refractivity contribution in [3.63, 3.8) is 0 Å². The lowest BCUT2D eigenvalue weighted by Gasteiger charge is -2.21. The van der Waals surface area contributed by atoms with Crippen molar-refractivity contribution in [1.29, 1.82) is 0 Å². The topological polar surface area (TPSA) is 18.5 Å². The normalized spacial score (nSPS) is 11.7. The second-order valence-corrected chi connectivity index (χ2v) is 13.4. The van der Waals surface area contributed by atoms with Crippen LogP contribution in [0.15, 0.2) is 18.2 Å². The van der Waals surface area contributed by atoms with Crippen LogP contribution < -0.4 is 9.47 Å². The number of hydrogen-bond donors (Lipinski definition) is 0. The lowest BCUT2D eigenvalue weighted by molar-refractivity contribution is 0.257. The van der Waals surface area contributed by atoms with E-state index in [1.165, 1.54) is 147 Å². The van der Waals surface area contributed by atoms with Crippen LogP contribution in [0.4, 0.5) is 0 Å². The van der Waals surface area contributed by atoms with Crippen molar-refractivity contribution in [2.75, 3.05) is 13.2 Å². The number of benzene rings is 1. The summed E-state index contributed by atoms with van der Waals surface area (Å²) < 4.78 is 12.5. The number of rotatable bonds is 28. The van der Waals surface area contributed by atoms with E-state index in [0.29, 0.717) is 0 Å². The van der Waals surface area contributed by atoms with E-state index >= 15 is 0 Å². The summed E-state index contributed by atoms with van der Waals surface area (Å²) in [5, 5.41) is 0. The molecule has 1 aromatic rings. The summed E-state index contributed by atoms with van der Waals surface area (Å²) in [5.41, 5.74) is 1.43. The first-order valence-electron chi connectivity index (χ1n) is 17.9. The molecule has 0 aliphatic rings. The lowest BCUT2D eigenvalue weighted by atomic mass is 9.87. The first-order valence-corrected chi connectivity index (χ1v) is 17.9. The molecule has 0 saturated carbocycles. The zero-order chi connectivity index (χ0) is 29.2. The molecule has 234 valence electrons. The van der Waals surface area contributed by atoms with Gasteiger partial charge in [0.1, 0.15) is 0 Å². The van der Waals surface area contributed by atoms with Crippen molar-refractivity contribution in [2.24, 2.45) is 0 Å². The van der Waals surface area contributed by atoms with Gasteiger partial charge >= 0.3 is 0 Å². The standard InChI is InChI=1S/C38H70O2/c1-6-8-10-12-14-16-18-20-22-24-26-28-32-39-36-31-30-35(38(3,4)5)34-37(36)40-33-29-27-25-23-21-19-17-15-13-11-9-7-2/h30-31,34H,6-29,32-33H2,1-5H3. The quantitative estimate of drug-likeness (QED) is 0.0952. The summed E-state index contributed by atoms with van der Waals surface area (Å²) in [6.07, 6.45) is 32.9. The van der Waals surface area contributed by atoms with Crippen molar-refractivity contribution >= 4 is 0 Å². The summed E-state index contributed by atoms with van der Waals surface area (Å²) in [6, 6.07) is 6.57. The van der Waals surface area contributed by atoms with E-state index in [1.807, 2.05) is 0 Å². The van der Waals surface area contributed by atoms with Gasteiger partial charge in [0, 0.05) is 0 Å². The third-order valence-corrected chi connectivity index (χ3v) is 8.32. The van der Waals surface area contributed by atoms with E-state index in [-0.39, 0.29) is 5.41 Å². The van der Waals surface area contributed by atoms with Crippen molar-refractivity contribution in [1.82, 2.24) is 0 Å². The molecule has 0 heterocycles. The summed E-state index contributed by atoms with van der Waals surface area (Å²) in [6.45, 7) is 13.0. The van der Waals surface area contributed by atoms with Crippen LogP contribution in [0, 0.1) is 0 Å². The zero-order valence-corrected chi connectivity index (χ0v) is 27.9. The fourth-order valence-electron chi connectivity index (χ4n) is 5.46. The van der Waals surface area contributed by atoms with Crippen LogP contribution in [0.3, 0.4) is 0 Å². The third-order valence-electron chi connectivity index (χ3n) is 8.32. The highest BCUT2D eigenvalue weighted by atomic mass is 16.5. The van der Waals surface area contributed by atoms with Crippen LogP contribution in [-0.2, 0) is 5.41 Å². The first-order chi connectivity index (χ1) is 19.5. The Labute approximate surface area is 251 Å². The molecule has 1 rings (SSSR count). The van der Waals surface area contributed by atoms with Gasteiger partial charge in [0.25, 0.3) is 0 Å². The Bertz CT molecular complexity index is 675. The Morgan fingerprint density at radius 3 is 1.10 bits per heavy atom. The molecule has 0 aromatic heterocycles. The minimum Gasteiger partial charge on any atom is -0.490 e. The van der Waals surface area contributed by atoms with Crippen LogP contribution in [0.2, 0.25) is 0 Å². The Kier molecular flexibility index (Phi) is 23.5. The van der Waals surface area contributed by atoms with Crippen molar-refractivity contribution in [3.05, 3.63) is 23.8 Å². The molecule has 0 aliphatic carbocycles. The van der Waals surface area contributed by atoms with E-state index in [2.05, 4.69) is 52.8 Å². The molecule has 0 N–H and O–H groups in total. The maximum Gasteiger partial charge on any atom is 0.161 e. The van der Waals surface area contributed by atoms with Gasteiger partial charge in [-0.2, -0.15) is 0 Å². The maximum atomic E-state index is 6.30. The molecule has 0 aliphatic heterocycles. The van der Waals surface area contributed by atoms with Gasteiger partial charge in [-0.25, -0.2) is 0 Å². The summed E-state index contributed by atoms with van der Waals surface area (Å²) >= 11 is 0. The van der Waals surface area contributed by atoms with Gasteiger partial charge in [-0.3, -0.25) is 0 Å². The molecule has 2 nitrogen and oxygen atoms in total. The zero-order valence-electron chi connectivity index (χ0n) is 27.9. The smallest absolute Gasteiger partial charge is 0.161 e. The molecule has 40 heavy (non-hydrogen) atoms. The average molecular weight is 559 g/mol. The third kappa shape index (κ3) is 20.7. The van der Waals surface area contributed by atoms with E-state index < -0.39 is 0 Å². The molecular weight excluding hydrogens is 488 g/mol. The molecule has 0 radical (unpaired) electrons. The second-order valence-electron chi connectivity index (χ2n) is 13.4. The molecule has 1 aromatic carbocycles. The molecule has 0 unspecified atom stereocenters. The summed E-state index contributed by atoms with van der Waals surface area (Å²) in [5.74, 6) is 1.87. The number of ether oxygens (including phenoxy) is 2. The van der Waals surface area contributed by atoms with Gasteiger partial charge in [-0.05, 0) is 36.0 Å². The van der Waals surface area contributed by atoms with Gasteiger partial charge in [0.15, 0.2) is 11.5 Å². The minimum atomic E-state index is 0.113. The van der Waals surface area contributed by atoms with Gasteiger partial charge in [0.05, 0.1) is 13.2 Å². The van der Waals surface area contributed by atoms with E-state index in [4.69, 9.17) is 9.47 Å². The number of unbranched alkanes of at least 4 members (excludes halogenated alkanes) is 22. The fourth-order valence-corrected chi connectivity index (χ4v) is 5.46.